The molecule has 27 heavy (non-hydrogen) atoms. The van der Waals surface area contributed by atoms with Crippen molar-refractivity contribution in [1.29, 1.82) is 0 Å². The number of hydrogen-bond acceptors (Lipinski definition) is 4. The summed E-state index contributed by atoms with van der Waals surface area (Å²) in [5, 5.41) is 12.4. The number of aliphatic hydroxyl groups is 1. The highest BCUT2D eigenvalue weighted by Gasteiger charge is 2.21. The average molecular weight is 363 g/mol. The zero-order valence-electron chi connectivity index (χ0n) is 15.4. The number of aromatic nitrogens is 1. The maximum Gasteiger partial charge on any atom is 0.120 e. The van der Waals surface area contributed by atoms with E-state index < -0.39 is 6.10 Å². The second kappa shape index (κ2) is 8.40. The number of ether oxygens (including phenoxy) is 2. The first-order valence-electron chi connectivity index (χ1n) is 9.63. The molecule has 0 aliphatic heterocycles. The minimum Gasteiger partial charge on any atom is -0.493 e. The Bertz CT molecular complexity index is 877. The van der Waals surface area contributed by atoms with Gasteiger partial charge in [-0.2, -0.15) is 0 Å². The second-order valence-corrected chi connectivity index (χ2v) is 7.29. The lowest BCUT2D eigenvalue weighted by Crippen LogP contribution is -2.18. The summed E-state index contributed by atoms with van der Waals surface area (Å²) >= 11 is 0. The van der Waals surface area contributed by atoms with E-state index in [1.807, 2.05) is 42.6 Å². The number of aliphatic hydroxyl groups excluding tert-OH is 1. The highest BCUT2D eigenvalue weighted by molar-refractivity contribution is 5.85. The van der Waals surface area contributed by atoms with Gasteiger partial charge in [-0.1, -0.05) is 18.2 Å². The largest absolute Gasteiger partial charge is 0.493 e. The van der Waals surface area contributed by atoms with Crippen LogP contribution in [-0.4, -0.2) is 29.4 Å². The summed E-state index contributed by atoms with van der Waals surface area (Å²) in [6.07, 6.45) is 7.12. The van der Waals surface area contributed by atoms with Crippen molar-refractivity contribution in [3.63, 3.8) is 0 Å². The van der Waals surface area contributed by atoms with Crippen LogP contribution >= 0.6 is 0 Å². The van der Waals surface area contributed by atoms with Gasteiger partial charge in [-0.05, 0) is 78.3 Å². The second-order valence-electron chi connectivity index (χ2n) is 7.29. The molecule has 1 atom stereocenters. The van der Waals surface area contributed by atoms with Gasteiger partial charge in [0.1, 0.15) is 18.1 Å². The van der Waals surface area contributed by atoms with Crippen molar-refractivity contribution < 1.29 is 14.6 Å². The predicted molar refractivity (Wildman–Crippen MR) is 106 cm³/mol. The monoisotopic (exact) mass is 363 g/mol. The average Bonchev–Trinajstić information content (AvgIpc) is 3.54. The molecule has 1 aromatic heterocycles. The summed E-state index contributed by atoms with van der Waals surface area (Å²) in [6, 6.07) is 16.1. The molecule has 140 valence electrons. The van der Waals surface area contributed by atoms with E-state index in [9.17, 15) is 5.11 Å². The van der Waals surface area contributed by atoms with E-state index in [0.29, 0.717) is 6.42 Å². The van der Waals surface area contributed by atoms with Gasteiger partial charge in [0.25, 0.3) is 0 Å². The Labute approximate surface area is 159 Å². The smallest absolute Gasteiger partial charge is 0.120 e. The molecule has 1 fully saturated rings. The summed E-state index contributed by atoms with van der Waals surface area (Å²) in [5.41, 5.74) is 1.13. The van der Waals surface area contributed by atoms with Crippen molar-refractivity contribution in [2.75, 3.05) is 13.2 Å². The normalized spacial score (nSPS) is 14.9. The molecule has 4 nitrogen and oxygen atoms in total. The van der Waals surface area contributed by atoms with E-state index in [2.05, 4.69) is 17.1 Å². The van der Waals surface area contributed by atoms with Crippen molar-refractivity contribution in [2.45, 2.75) is 31.8 Å². The van der Waals surface area contributed by atoms with Crippen molar-refractivity contribution in [3.05, 3.63) is 66.5 Å². The molecule has 1 N–H and O–H groups in total. The van der Waals surface area contributed by atoms with Gasteiger partial charge in [-0.25, -0.2) is 0 Å². The van der Waals surface area contributed by atoms with E-state index in [4.69, 9.17) is 9.47 Å². The van der Waals surface area contributed by atoms with Crippen molar-refractivity contribution in [2.24, 2.45) is 5.92 Å². The molecule has 0 spiro atoms. The third-order valence-corrected chi connectivity index (χ3v) is 4.90. The number of benzene rings is 2. The molecule has 1 aliphatic rings. The van der Waals surface area contributed by atoms with Crippen LogP contribution in [0.4, 0.5) is 0 Å². The van der Waals surface area contributed by atoms with Gasteiger partial charge in [0, 0.05) is 12.4 Å². The molecule has 0 amide bonds. The molecule has 4 heteroatoms. The molecule has 3 aromatic rings. The summed E-state index contributed by atoms with van der Waals surface area (Å²) in [7, 11) is 0. The number of pyridine rings is 1. The fraction of sp³-hybridized carbons (Fsp3) is 0.348. The highest BCUT2D eigenvalue weighted by Crippen LogP contribution is 2.30. The van der Waals surface area contributed by atoms with Crippen molar-refractivity contribution >= 4 is 10.8 Å². The predicted octanol–water partition coefficient (Wildman–Crippen LogP) is 4.40. The van der Waals surface area contributed by atoms with E-state index in [1.54, 1.807) is 6.20 Å². The Morgan fingerprint density at radius 2 is 1.74 bits per heavy atom. The summed E-state index contributed by atoms with van der Waals surface area (Å²) in [6.45, 7) is 1.11. The van der Waals surface area contributed by atoms with Gasteiger partial charge < -0.3 is 14.6 Å². The number of rotatable bonds is 9. The number of fused-ring (bicyclic) bond motifs is 1. The zero-order chi connectivity index (χ0) is 18.5. The molecule has 1 aliphatic carbocycles. The maximum atomic E-state index is 10.2. The van der Waals surface area contributed by atoms with Crippen LogP contribution in [0.15, 0.2) is 60.9 Å². The molecule has 0 radical (unpaired) electrons. The van der Waals surface area contributed by atoms with Crippen molar-refractivity contribution in [1.82, 2.24) is 4.98 Å². The lowest BCUT2D eigenvalue weighted by Gasteiger charge is -2.13. The molecular weight excluding hydrogens is 338 g/mol. The van der Waals surface area contributed by atoms with Crippen LogP contribution in [0.1, 0.15) is 24.8 Å². The first-order valence-corrected chi connectivity index (χ1v) is 9.63. The van der Waals surface area contributed by atoms with E-state index in [-0.39, 0.29) is 6.61 Å². The Kier molecular flexibility index (Phi) is 5.54. The minimum atomic E-state index is -0.501. The molecule has 0 unspecified atom stereocenters. The summed E-state index contributed by atoms with van der Waals surface area (Å²) in [5.74, 6) is 2.45. The first-order chi connectivity index (χ1) is 13.3. The Balaban J connectivity index is 1.29. The Morgan fingerprint density at radius 1 is 1.00 bits per heavy atom. The molecule has 0 bridgehead atoms. The number of aryl methyl sites for hydroxylation is 1. The molecule has 2 aromatic carbocycles. The fourth-order valence-electron chi connectivity index (χ4n) is 3.04. The standard InChI is InChI=1S/C23H25NO3/c25-21(8-5-17-2-1-11-24-14-17)16-27-23-10-7-19-12-22(9-6-20(19)13-23)26-15-18-3-4-18/h1-2,6-7,9-14,18,21,25H,3-5,8,15-16H2/t21-/m1/s1. The quantitative estimate of drug-likeness (QED) is 0.612. The first kappa shape index (κ1) is 17.8. The van der Waals surface area contributed by atoms with Crippen LogP contribution in [-0.2, 0) is 6.42 Å². The molecule has 4 rings (SSSR count). The Morgan fingerprint density at radius 3 is 2.41 bits per heavy atom. The van der Waals surface area contributed by atoms with E-state index in [1.165, 1.54) is 12.8 Å². The van der Waals surface area contributed by atoms with Gasteiger partial charge in [0.05, 0.1) is 12.7 Å². The lowest BCUT2D eigenvalue weighted by atomic mass is 10.1. The van der Waals surface area contributed by atoms with Crippen molar-refractivity contribution in [3.8, 4) is 11.5 Å². The number of nitrogens with zero attached hydrogens (tertiary/aromatic N) is 1. The molecule has 1 saturated carbocycles. The van der Waals surface area contributed by atoms with Crippen LogP contribution < -0.4 is 9.47 Å². The fourth-order valence-corrected chi connectivity index (χ4v) is 3.04. The van der Waals surface area contributed by atoms with Gasteiger partial charge >= 0.3 is 0 Å². The minimum absolute atomic E-state index is 0.286. The maximum absolute atomic E-state index is 10.2. The van der Waals surface area contributed by atoms with E-state index >= 15 is 0 Å². The SMILES string of the molecule is O[C@H](CCc1cccnc1)COc1ccc2cc(OCC3CC3)ccc2c1. The van der Waals surface area contributed by atoms with Crippen LogP contribution in [0.5, 0.6) is 11.5 Å². The number of hydrogen-bond donors (Lipinski definition) is 1. The van der Waals surface area contributed by atoms with Gasteiger partial charge in [0.15, 0.2) is 0 Å². The lowest BCUT2D eigenvalue weighted by molar-refractivity contribution is 0.100. The van der Waals surface area contributed by atoms with Crippen LogP contribution in [0.3, 0.4) is 0 Å². The third-order valence-electron chi connectivity index (χ3n) is 4.90. The van der Waals surface area contributed by atoms with Gasteiger partial charge in [0.2, 0.25) is 0 Å². The van der Waals surface area contributed by atoms with Crippen LogP contribution in [0.25, 0.3) is 10.8 Å². The topological polar surface area (TPSA) is 51.6 Å². The van der Waals surface area contributed by atoms with Gasteiger partial charge in [-0.15, -0.1) is 0 Å². The third kappa shape index (κ3) is 5.20. The van der Waals surface area contributed by atoms with E-state index in [0.717, 1.165) is 46.8 Å². The van der Waals surface area contributed by atoms with Crippen LogP contribution in [0.2, 0.25) is 0 Å². The zero-order valence-corrected chi connectivity index (χ0v) is 15.4. The van der Waals surface area contributed by atoms with Crippen LogP contribution in [0, 0.1) is 5.92 Å². The summed E-state index contributed by atoms with van der Waals surface area (Å²) in [4.78, 5) is 4.09. The molecular formula is C23H25NO3. The molecule has 0 saturated heterocycles. The Hall–Kier alpha value is -2.59. The highest BCUT2D eigenvalue weighted by atomic mass is 16.5. The molecule has 1 heterocycles. The van der Waals surface area contributed by atoms with Gasteiger partial charge in [-0.3, -0.25) is 4.98 Å². The summed E-state index contributed by atoms with van der Waals surface area (Å²) < 4.78 is 11.6.